The van der Waals surface area contributed by atoms with Crippen LogP contribution in [0.25, 0.3) is 0 Å². The lowest BCUT2D eigenvalue weighted by Gasteiger charge is -2.12. The second-order valence-corrected chi connectivity index (χ2v) is 4.04. The largest absolute Gasteiger partial charge is 0.480 e. The van der Waals surface area contributed by atoms with Crippen LogP contribution in [0.15, 0.2) is 23.1 Å². The minimum absolute atomic E-state index is 0.0146. The second-order valence-electron chi connectivity index (χ2n) is 4.04. The van der Waals surface area contributed by atoms with Gasteiger partial charge in [-0.1, -0.05) is 0 Å². The highest BCUT2D eigenvalue weighted by molar-refractivity contribution is 5.96. The maximum atomic E-state index is 11.7. The van der Waals surface area contributed by atoms with Crippen molar-refractivity contribution in [1.29, 1.82) is 0 Å². The van der Waals surface area contributed by atoms with Gasteiger partial charge in [0, 0.05) is 6.20 Å². The Morgan fingerprint density at radius 3 is 2.71 bits per heavy atom. The average molecular weight is 236 g/mol. The van der Waals surface area contributed by atoms with E-state index >= 15 is 0 Å². The van der Waals surface area contributed by atoms with Crippen molar-refractivity contribution in [3.05, 3.63) is 34.2 Å². The van der Waals surface area contributed by atoms with E-state index in [4.69, 9.17) is 5.11 Å². The third kappa shape index (κ3) is 2.52. The summed E-state index contributed by atoms with van der Waals surface area (Å²) in [4.78, 5) is 36.3. The van der Waals surface area contributed by atoms with Crippen molar-refractivity contribution in [2.75, 3.05) is 0 Å². The first-order valence-corrected chi connectivity index (χ1v) is 5.31. The minimum atomic E-state index is -1.06. The van der Waals surface area contributed by atoms with Crippen LogP contribution in [-0.2, 0) is 4.79 Å². The molecule has 0 aromatic carbocycles. The molecule has 1 heterocycles. The first kappa shape index (κ1) is 11.4. The fourth-order valence-electron chi connectivity index (χ4n) is 1.63. The van der Waals surface area contributed by atoms with Crippen molar-refractivity contribution in [3.8, 4) is 0 Å². The lowest BCUT2D eigenvalue weighted by atomic mass is 10.1. The molecule has 1 aliphatic carbocycles. The van der Waals surface area contributed by atoms with Gasteiger partial charge in [-0.2, -0.15) is 0 Å². The number of carbonyl (C=O) groups is 2. The molecule has 1 unspecified atom stereocenters. The lowest BCUT2D eigenvalue weighted by Crippen LogP contribution is -2.43. The summed E-state index contributed by atoms with van der Waals surface area (Å²) in [6.45, 7) is 0. The van der Waals surface area contributed by atoms with E-state index in [1.54, 1.807) is 0 Å². The van der Waals surface area contributed by atoms with Gasteiger partial charge in [-0.3, -0.25) is 9.59 Å². The van der Waals surface area contributed by atoms with Gasteiger partial charge in [0.15, 0.2) is 0 Å². The van der Waals surface area contributed by atoms with Gasteiger partial charge >= 0.3 is 5.97 Å². The maximum absolute atomic E-state index is 11.7. The van der Waals surface area contributed by atoms with E-state index in [9.17, 15) is 14.4 Å². The summed E-state index contributed by atoms with van der Waals surface area (Å²) in [5.74, 6) is -1.72. The maximum Gasteiger partial charge on any atom is 0.326 e. The van der Waals surface area contributed by atoms with Crippen molar-refractivity contribution in [2.24, 2.45) is 5.92 Å². The summed E-state index contributed by atoms with van der Waals surface area (Å²) in [5, 5.41) is 11.3. The quantitative estimate of drug-likeness (QED) is 0.683. The molecule has 0 spiro atoms. The molecule has 17 heavy (non-hydrogen) atoms. The van der Waals surface area contributed by atoms with Gasteiger partial charge in [0.25, 0.3) is 11.5 Å². The number of aromatic nitrogens is 1. The second kappa shape index (κ2) is 4.40. The zero-order valence-corrected chi connectivity index (χ0v) is 8.97. The molecule has 0 saturated heterocycles. The van der Waals surface area contributed by atoms with Crippen LogP contribution in [0, 0.1) is 5.92 Å². The molecule has 6 heteroatoms. The summed E-state index contributed by atoms with van der Waals surface area (Å²) >= 11 is 0. The molecule has 1 aromatic heterocycles. The van der Waals surface area contributed by atoms with Crippen LogP contribution in [0.1, 0.15) is 23.2 Å². The van der Waals surface area contributed by atoms with Crippen LogP contribution in [0.4, 0.5) is 0 Å². The van der Waals surface area contributed by atoms with Gasteiger partial charge in [0.05, 0.1) is 0 Å². The average Bonchev–Trinajstić information content (AvgIpc) is 3.09. The predicted molar refractivity (Wildman–Crippen MR) is 58.7 cm³/mol. The van der Waals surface area contributed by atoms with E-state index in [0.29, 0.717) is 0 Å². The van der Waals surface area contributed by atoms with Crippen molar-refractivity contribution >= 4 is 11.9 Å². The fourth-order valence-corrected chi connectivity index (χ4v) is 1.63. The molecule has 1 fully saturated rings. The molecular weight excluding hydrogens is 224 g/mol. The normalized spacial score (nSPS) is 16.2. The zero-order chi connectivity index (χ0) is 12.4. The molecule has 0 bridgehead atoms. The molecule has 1 saturated carbocycles. The Labute approximate surface area is 96.7 Å². The molecule has 2 rings (SSSR count). The van der Waals surface area contributed by atoms with Crippen molar-refractivity contribution in [3.63, 3.8) is 0 Å². The number of amides is 1. The Hall–Kier alpha value is -2.11. The van der Waals surface area contributed by atoms with E-state index in [1.165, 1.54) is 18.3 Å². The standard InChI is InChI=1S/C11H12N2O4/c14-9-7(2-1-5-12-9)10(15)13-8(11(16)17)6-3-4-6/h1-2,5-6,8H,3-4H2,(H,12,14)(H,13,15)(H,16,17). The van der Waals surface area contributed by atoms with Crippen molar-refractivity contribution in [1.82, 2.24) is 10.3 Å². The molecular formula is C11H12N2O4. The molecule has 0 radical (unpaired) electrons. The fraction of sp³-hybridized carbons (Fsp3) is 0.364. The van der Waals surface area contributed by atoms with Gasteiger partial charge < -0.3 is 15.4 Å². The molecule has 1 amide bonds. The van der Waals surface area contributed by atoms with E-state index in [-0.39, 0.29) is 11.5 Å². The van der Waals surface area contributed by atoms with E-state index in [0.717, 1.165) is 12.8 Å². The summed E-state index contributed by atoms with van der Waals surface area (Å²) in [6, 6.07) is 1.98. The highest BCUT2D eigenvalue weighted by Crippen LogP contribution is 2.32. The highest BCUT2D eigenvalue weighted by Gasteiger charge is 2.37. The molecule has 0 aliphatic heterocycles. The highest BCUT2D eigenvalue weighted by atomic mass is 16.4. The number of hydrogen-bond acceptors (Lipinski definition) is 3. The Bertz CT molecular complexity index is 504. The van der Waals surface area contributed by atoms with Gasteiger partial charge in [-0.05, 0) is 30.9 Å². The van der Waals surface area contributed by atoms with Gasteiger partial charge in [-0.15, -0.1) is 0 Å². The van der Waals surface area contributed by atoms with Crippen LogP contribution in [0.3, 0.4) is 0 Å². The minimum Gasteiger partial charge on any atom is -0.480 e. The van der Waals surface area contributed by atoms with E-state index in [2.05, 4.69) is 10.3 Å². The number of nitrogens with one attached hydrogen (secondary N) is 2. The van der Waals surface area contributed by atoms with Crippen LogP contribution < -0.4 is 10.9 Å². The summed E-state index contributed by atoms with van der Waals surface area (Å²) in [7, 11) is 0. The number of carbonyl (C=O) groups excluding carboxylic acids is 1. The number of rotatable bonds is 4. The smallest absolute Gasteiger partial charge is 0.326 e. The van der Waals surface area contributed by atoms with Crippen molar-refractivity contribution in [2.45, 2.75) is 18.9 Å². The number of H-pyrrole nitrogens is 1. The zero-order valence-electron chi connectivity index (χ0n) is 8.97. The molecule has 1 aliphatic rings. The number of carboxylic acids is 1. The topological polar surface area (TPSA) is 99.3 Å². The number of aromatic amines is 1. The van der Waals surface area contributed by atoms with Gasteiger partial charge in [0.1, 0.15) is 11.6 Å². The SMILES string of the molecule is O=C(NC(C(=O)O)C1CC1)c1ccc[nH]c1=O. The molecule has 6 nitrogen and oxygen atoms in total. The Kier molecular flexibility index (Phi) is 2.95. The third-order valence-electron chi connectivity index (χ3n) is 2.71. The third-order valence-corrected chi connectivity index (χ3v) is 2.71. The summed E-state index contributed by atoms with van der Waals surface area (Å²) < 4.78 is 0. The van der Waals surface area contributed by atoms with Crippen LogP contribution in [0.5, 0.6) is 0 Å². The summed E-state index contributed by atoms with van der Waals surface area (Å²) in [6.07, 6.45) is 3.00. The number of carboxylic acid groups (broad SMARTS) is 1. The van der Waals surface area contributed by atoms with Crippen LogP contribution >= 0.6 is 0 Å². The van der Waals surface area contributed by atoms with Crippen LogP contribution in [0.2, 0.25) is 0 Å². The number of hydrogen-bond donors (Lipinski definition) is 3. The summed E-state index contributed by atoms with van der Waals surface area (Å²) in [5.41, 5.74) is -0.593. The molecule has 3 N–H and O–H groups in total. The van der Waals surface area contributed by atoms with Gasteiger partial charge in [0.2, 0.25) is 0 Å². The van der Waals surface area contributed by atoms with E-state index < -0.39 is 23.5 Å². The number of pyridine rings is 1. The Morgan fingerprint density at radius 2 is 2.18 bits per heavy atom. The first-order chi connectivity index (χ1) is 8.09. The Balaban J connectivity index is 2.13. The van der Waals surface area contributed by atoms with Gasteiger partial charge in [-0.25, -0.2) is 4.79 Å². The Morgan fingerprint density at radius 1 is 1.47 bits per heavy atom. The molecule has 1 atom stereocenters. The predicted octanol–water partition coefficient (Wildman–Crippen LogP) is -0.0321. The first-order valence-electron chi connectivity index (χ1n) is 5.31. The monoisotopic (exact) mass is 236 g/mol. The molecule has 1 aromatic rings. The number of aliphatic carboxylic acids is 1. The molecule has 90 valence electrons. The lowest BCUT2D eigenvalue weighted by molar-refractivity contribution is -0.139. The van der Waals surface area contributed by atoms with Crippen molar-refractivity contribution < 1.29 is 14.7 Å². The van der Waals surface area contributed by atoms with E-state index in [1.807, 2.05) is 0 Å². The van der Waals surface area contributed by atoms with Crippen LogP contribution in [-0.4, -0.2) is 28.0 Å².